The van der Waals surface area contributed by atoms with Crippen LogP contribution in [0, 0.1) is 11.3 Å². The molecule has 3 rings (SSSR count). The predicted molar refractivity (Wildman–Crippen MR) is 77.6 cm³/mol. The monoisotopic (exact) mass is 389 g/mol. The zero-order valence-electron chi connectivity index (χ0n) is 12.3. The van der Waals surface area contributed by atoms with E-state index < -0.39 is 29.0 Å². The molecule has 1 N–H and O–H groups in total. The van der Waals surface area contributed by atoms with E-state index >= 15 is 0 Å². The number of alkyl halides is 6. The Morgan fingerprint density at radius 1 is 1.04 bits per heavy atom. The molecular weight excluding hydrogens is 384 g/mol. The number of nitrogens with one attached hydrogen (secondary N) is 1. The molecule has 0 aliphatic carbocycles. The van der Waals surface area contributed by atoms with Gasteiger partial charge >= 0.3 is 12.4 Å². The fraction of sp³-hybridized carbons (Fsp3) is 0.143. The molecule has 0 atom stereocenters. The Hall–Kier alpha value is -2.94. The van der Waals surface area contributed by atoms with Crippen LogP contribution in [0.15, 0.2) is 23.6 Å². The largest absolute Gasteiger partial charge is 0.417 e. The number of nitrogens with zero attached hydrogens (tertiary/aromatic N) is 4. The third-order valence-corrected chi connectivity index (χ3v) is 4.16. The van der Waals surface area contributed by atoms with Crippen molar-refractivity contribution in [3.63, 3.8) is 0 Å². The maximum absolute atomic E-state index is 13.2. The summed E-state index contributed by atoms with van der Waals surface area (Å²) < 4.78 is 78.2. The number of thiazole rings is 1. The summed E-state index contributed by atoms with van der Waals surface area (Å²) in [6.45, 7) is 0. The number of nitriles is 1. The van der Waals surface area contributed by atoms with E-state index in [2.05, 4.69) is 20.4 Å². The zero-order valence-corrected chi connectivity index (χ0v) is 13.1. The van der Waals surface area contributed by atoms with Gasteiger partial charge in [-0.25, -0.2) is 4.98 Å². The van der Waals surface area contributed by atoms with Gasteiger partial charge in [-0.05, 0) is 18.2 Å². The second-order valence-corrected chi connectivity index (χ2v) is 5.78. The molecule has 0 fully saturated rings. The fourth-order valence-electron chi connectivity index (χ4n) is 2.14. The van der Waals surface area contributed by atoms with Crippen LogP contribution in [0.25, 0.3) is 22.0 Å². The number of hydrogen-bond donors (Lipinski definition) is 1. The van der Waals surface area contributed by atoms with Crippen LogP contribution in [-0.4, -0.2) is 20.4 Å². The highest BCUT2D eigenvalue weighted by molar-refractivity contribution is 7.13. The molecule has 0 saturated carbocycles. The smallest absolute Gasteiger partial charge is 0.234 e. The molecule has 2 aromatic heterocycles. The van der Waals surface area contributed by atoms with Crippen LogP contribution in [0.2, 0.25) is 0 Å². The summed E-state index contributed by atoms with van der Waals surface area (Å²) in [7, 11) is 0. The topological polar surface area (TPSA) is 78.2 Å². The number of aromatic nitrogens is 4. The molecule has 0 saturated heterocycles. The van der Waals surface area contributed by atoms with Crippen LogP contribution in [0.5, 0.6) is 0 Å². The Labute approximate surface area is 144 Å². The molecule has 0 spiro atoms. The van der Waals surface area contributed by atoms with E-state index in [-0.39, 0.29) is 22.1 Å². The first kappa shape index (κ1) is 17.9. The molecular formula is C14H5F6N5S. The van der Waals surface area contributed by atoms with Gasteiger partial charge in [0.05, 0.1) is 11.1 Å². The fourth-order valence-corrected chi connectivity index (χ4v) is 2.97. The Morgan fingerprint density at radius 3 is 2.38 bits per heavy atom. The van der Waals surface area contributed by atoms with E-state index in [0.29, 0.717) is 29.5 Å². The SMILES string of the molecule is N#Cc1n[nH]nc1-c1csc(-c2cc(C(F)(F)F)ccc2C(F)(F)F)n1. The molecule has 0 amide bonds. The lowest BCUT2D eigenvalue weighted by atomic mass is 10.0. The number of aromatic amines is 1. The van der Waals surface area contributed by atoms with Crippen molar-refractivity contribution in [1.82, 2.24) is 20.4 Å². The highest BCUT2D eigenvalue weighted by Crippen LogP contribution is 2.42. The van der Waals surface area contributed by atoms with Crippen molar-refractivity contribution >= 4 is 11.3 Å². The quantitative estimate of drug-likeness (QED) is 0.655. The minimum Gasteiger partial charge on any atom is -0.234 e. The highest BCUT2D eigenvalue weighted by atomic mass is 32.1. The van der Waals surface area contributed by atoms with Crippen molar-refractivity contribution in [3.05, 3.63) is 40.4 Å². The van der Waals surface area contributed by atoms with Gasteiger partial charge in [0.1, 0.15) is 22.5 Å². The summed E-state index contributed by atoms with van der Waals surface area (Å²) in [5.74, 6) is 0. The van der Waals surface area contributed by atoms with Crippen LogP contribution in [0.1, 0.15) is 16.8 Å². The van der Waals surface area contributed by atoms with Gasteiger partial charge in [-0.15, -0.1) is 16.4 Å². The van der Waals surface area contributed by atoms with Crippen molar-refractivity contribution in [2.24, 2.45) is 0 Å². The van der Waals surface area contributed by atoms with Crippen molar-refractivity contribution in [2.75, 3.05) is 0 Å². The lowest BCUT2D eigenvalue weighted by molar-refractivity contribution is -0.141. The van der Waals surface area contributed by atoms with E-state index in [1.807, 2.05) is 0 Å². The molecule has 5 nitrogen and oxygen atoms in total. The lowest BCUT2D eigenvalue weighted by Gasteiger charge is -2.14. The number of halogens is 6. The van der Waals surface area contributed by atoms with Crippen LogP contribution in [-0.2, 0) is 12.4 Å². The molecule has 134 valence electrons. The predicted octanol–water partition coefficient (Wildman–Crippen LogP) is 4.50. The Bertz CT molecular complexity index is 994. The Kier molecular flexibility index (Phi) is 4.19. The first-order chi connectivity index (χ1) is 12.1. The number of hydrogen-bond acceptors (Lipinski definition) is 5. The number of benzene rings is 1. The second kappa shape index (κ2) is 6.10. The van der Waals surface area contributed by atoms with E-state index in [4.69, 9.17) is 5.26 Å². The molecule has 12 heteroatoms. The van der Waals surface area contributed by atoms with Crippen molar-refractivity contribution in [2.45, 2.75) is 12.4 Å². The Morgan fingerprint density at radius 2 is 1.77 bits per heavy atom. The number of rotatable bonds is 2. The van der Waals surface area contributed by atoms with Crippen LogP contribution < -0.4 is 0 Å². The average Bonchev–Trinajstić information content (AvgIpc) is 3.21. The highest BCUT2D eigenvalue weighted by Gasteiger charge is 2.38. The van der Waals surface area contributed by atoms with Crippen LogP contribution in [0.4, 0.5) is 26.3 Å². The van der Waals surface area contributed by atoms with Crippen LogP contribution in [0.3, 0.4) is 0 Å². The van der Waals surface area contributed by atoms with Gasteiger partial charge in [-0.2, -0.15) is 41.9 Å². The minimum absolute atomic E-state index is 0.00413. The first-order valence-corrected chi connectivity index (χ1v) is 7.55. The first-order valence-electron chi connectivity index (χ1n) is 6.67. The lowest BCUT2D eigenvalue weighted by Crippen LogP contribution is -2.11. The molecule has 3 aromatic rings. The molecule has 0 aliphatic heterocycles. The third kappa shape index (κ3) is 3.25. The number of H-pyrrole nitrogens is 1. The second-order valence-electron chi connectivity index (χ2n) is 4.93. The molecule has 26 heavy (non-hydrogen) atoms. The standard InChI is InChI=1S/C14H5F6N5S/c15-13(16,17)6-1-2-8(14(18,19)20)7(3-6)12-22-10(5-26-12)11-9(4-21)23-25-24-11/h1-3,5H,(H,23,24,25). The van der Waals surface area contributed by atoms with E-state index in [1.54, 1.807) is 6.07 Å². The van der Waals surface area contributed by atoms with E-state index in [1.165, 1.54) is 5.38 Å². The van der Waals surface area contributed by atoms with Gasteiger partial charge in [-0.3, -0.25) is 0 Å². The maximum Gasteiger partial charge on any atom is 0.417 e. The van der Waals surface area contributed by atoms with Gasteiger partial charge in [-0.1, -0.05) is 0 Å². The van der Waals surface area contributed by atoms with Crippen LogP contribution >= 0.6 is 11.3 Å². The summed E-state index contributed by atoms with van der Waals surface area (Å²) in [5.41, 5.74) is -3.28. The van der Waals surface area contributed by atoms with Gasteiger partial charge in [0, 0.05) is 10.9 Å². The molecule has 0 unspecified atom stereocenters. The van der Waals surface area contributed by atoms with Crippen molar-refractivity contribution in [3.8, 4) is 28.0 Å². The zero-order chi connectivity index (χ0) is 19.1. The summed E-state index contributed by atoms with van der Waals surface area (Å²) in [6, 6.07) is 2.86. The molecule has 0 aliphatic rings. The molecule has 0 bridgehead atoms. The van der Waals surface area contributed by atoms with Crippen molar-refractivity contribution in [1.29, 1.82) is 5.26 Å². The van der Waals surface area contributed by atoms with E-state index in [9.17, 15) is 26.3 Å². The minimum atomic E-state index is -4.86. The normalized spacial score (nSPS) is 12.2. The average molecular weight is 389 g/mol. The Balaban J connectivity index is 2.16. The van der Waals surface area contributed by atoms with Gasteiger partial charge < -0.3 is 0 Å². The molecule has 1 aromatic carbocycles. The van der Waals surface area contributed by atoms with Gasteiger partial charge in [0.2, 0.25) is 0 Å². The van der Waals surface area contributed by atoms with Crippen molar-refractivity contribution < 1.29 is 26.3 Å². The van der Waals surface area contributed by atoms with Gasteiger partial charge in [0.25, 0.3) is 0 Å². The van der Waals surface area contributed by atoms with Gasteiger partial charge in [0.15, 0.2) is 5.69 Å². The molecule has 0 radical (unpaired) electrons. The summed E-state index contributed by atoms with van der Waals surface area (Å²) >= 11 is 0.700. The summed E-state index contributed by atoms with van der Waals surface area (Å²) in [4.78, 5) is 3.91. The summed E-state index contributed by atoms with van der Waals surface area (Å²) in [6.07, 6.45) is -9.67. The third-order valence-electron chi connectivity index (χ3n) is 3.28. The maximum atomic E-state index is 13.2. The summed E-state index contributed by atoms with van der Waals surface area (Å²) in [5, 5.41) is 19.3. The molecule has 2 heterocycles. The van der Waals surface area contributed by atoms with E-state index in [0.717, 1.165) is 0 Å².